The molecule has 1 aromatic carbocycles. The van der Waals surface area contributed by atoms with Crippen molar-refractivity contribution in [3.05, 3.63) is 27.7 Å². The number of nitrogens with one attached hydrogen (secondary N) is 1. The van der Waals surface area contributed by atoms with Crippen molar-refractivity contribution < 1.29 is 8.42 Å². The van der Waals surface area contributed by atoms with E-state index in [1.165, 1.54) is 6.07 Å². The second kappa shape index (κ2) is 6.89. The molecule has 0 amide bonds. The molecule has 0 spiro atoms. The van der Waals surface area contributed by atoms with Gasteiger partial charge in [-0.25, -0.2) is 13.1 Å². The Labute approximate surface area is 122 Å². The van der Waals surface area contributed by atoms with E-state index in [0.717, 1.165) is 23.7 Å². The minimum Gasteiger partial charge on any atom is -0.208 e. The zero-order valence-electron chi connectivity index (χ0n) is 10.4. The Bertz CT molecular complexity index is 505. The van der Waals surface area contributed by atoms with Crippen LogP contribution >= 0.6 is 27.5 Å². The summed E-state index contributed by atoms with van der Waals surface area (Å²) in [6.07, 6.45) is 2.53. The van der Waals surface area contributed by atoms with E-state index < -0.39 is 10.0 Å². The fourth-order valence-electron chi connectivity index (χ4n) is 1.67. The Morgan fingerprint density at radius 3 is 2.56 bits per heavy atom. The molecule has 1 N–H and O–H groups in total. The first-order chi connectivity index (χ1) is 8.40. The lowest BCUT2D eigenvalue weighted by Crippen LogP contribution is -2.34. The Morgan fingerprint density at radius 2 is 2.06 bits per heavy atom. The highest BCUT2D eigenvalue weighted by Gasteiger charge is 2.21. The standard InChI is InChI=1S/C12H17BrClNO2S/c1-3-5-10(4-2)15-18(16,17)12-7-6-9(13)8-11(12)14/h6-8,10,15H,3-5H2,1-2H3. The molecule has 1 rings (SSSR count). The minimum absolute atomic E-state index is 0.0419. The largest absolute Gasteiger partial charge is 0.242 e. The van der Waals surface area contributed by atoms with Gasteiger partial charge in [-0.1, -0.05) is 47.8 Å². The summed E-state index contributed by atoms with van der Waals surface area (Å²) in [6, 6.07) is 4.71. The van der Waals surface area contributed by atoms with Crippen LogP contribution in [0.4, 0.5) is 0 Å². The van der Waals surface area contributed by atoms with Crippen LogP contribution in [-0.2, 0) is 10.0 Å². The molecule has 0 fully saturated rings. The molecule has 0 bridgehead atoms. The van der Waals surface area contributed by atoms with Crippen LogP contribution < -0.4 is 4.72 Å². The Morgan fingerprint density at radius 1 is 1.39 bits per heavy atom. The number of hydrogen-bond acceptors (Lipinski definition) is 2. The normalized spacial score (nSPS) is 13.6. The summed E-state index contributed by atoms with van der Waals surface area (Å²) in [6.45, 7) is 4.00. The average molecular weight is 355 g/mol. The third-order valence-corrected chi connectivity index (χ3v) is 5.13. The molecule has 3 nitrogen and oxygen atoms in total. The van der Waals surface area contributed by atoms with Gasteiger partial charge in [0.25, 0.3) is 0 Å². The van der Waals surface area contributed by atoms with Crippen molar-refractivity contribution in [3.63, 3.8) is 0 Å². The zero-order valence-corrected chi connectivity index (χ0v) is 13.6. The monoisotopic (exact) mass is 353 g/mol. The molecular weight excluding hydrogens is 338 g/mol. The summed E-state index contributed by atoms with van der Waals surface area (Å²) in [5.74, 6) is 0. The van der Waals surface area contributed by atoms with E-state index >= 15 is 0 Å². The Balaban J connectivity index is 2.99. The highest BCUT2D eigenvalue weighted by molar-refractivity contribution is 9.10. The van der Waals surface area contributed by atoms with E-state index in [1.807, 2.05) is 13.8 Å². The maximum Gasteiger partial charge on any atom is 0.242 e. The number of sulfonamides is 1. The maximum atomic E-state index is 12.2. The van der Waals surface area contributed by atoms with Crippen molar-refractivity contribution in [2.45, 2.75) is 44.0 Å². The van der Waals surface area contributed by atoms with Crippen molar-refractivity contribution in [1.29, 1.82) is 0 Å². The SMILES string of the molecule is CCCC(CC)NS(=O)(=O)c1ccc(Br)cc1Cl. The van der Waals surface area contributed by atoms with E-state index in [0.29, 0.717) is 0 Å². The Hall–Kier alpha value is -0.100. The lowest BCUT2D eigenvalue weighted by molar-refractivity contribution is 0.512. The lowest BCUT2D eigenvalue weighted by atomic mass is 10.1. The molecule has 0 aromatic heterocycles. The van der Waals surface area contributed by atoms with Crippen molar-refractivity contribution in [1.82, 2.24) is 4.72 Å². The van der Waals surface area contributed by atoms with Crippen LogP contribution in [0.25, 0.3) is 0 Å². The second-order valence-electron chi connectivity index (χ2n) is 4.09. The summed E-state index contributed by atoms with van der Waals surface area (Å²) in [5, 5.41) is 0.225. The van der Waals surface area contributed by atoms with Gasteiger partial charge in [0.05, 0.1) is 5.02 Å². The highest BCUT2D eigenvalue weighted by atomic mass is 79.9. The quantitative estimate of drug-likeness (QED) is 0.840. The molecule has 0 aliphatic rings. The number of halogens is 2. The van der Waals surface area contributed by atoms with Crippen LogP contribution in [-0.4, -0.2) is 14.5 Å². The summed E-state index contributed by atoms with van der Waals surface area (Å²) >= 11 is 9.22. The summed E-state index contributed by atoms with van der Waals surface area (Å²) in [5.41, 5.74) is 0. The summed E-state index contributed by atoms with van der Waals surface area (Å²) in [4.78, 5) is 0.127. The summed E-state index contributed by atoms with van der Waals surface area (Å²) in [7, 11) is -3.54. The predicted molar refractivity (Wildman–Crippen MR) is 78.5 cm³/mol. The molecule has 0 aliphatic heterocycles. The Kier molecular flexibility index (Phi) is 6.11. The van der Waals surface area contributed by atoms with E-state index in [1.54, 1.807) is 12.1 Å². The van der Waals surface area contributed by atoms with Crippen molar-refractivity contribution in [3.8, 4) is 0 Å². The van der Waals surface area contributed by atoms with Crippen LogP contribution in [0.2, 0.25) is 5.02 Å². The van der Waals surface area contributed by atoms with Crippen molar-refractivity contribution in [2.24, 2.45) is 0 Å². The first-order valence-corrected chi connectivity index (χ1v) is 8.53. The van der Waals surface area contributed by atoms with Gasteiger partial charge in [0.15, 0.2) is 0 Å². The smallest absolute Gasteiger partial charge is 0.208 e. The molecule has 0 radical (unpaired) electrons. The van der Waals surface area contributed by atoms with Crippen LogP contribution in [0.1, 0.15) is 33.1 Å². The van der Waals surface area contributed by atoms with Crippen LogP contribution in [0, 0.1) is 0 Å². The van der Waals surface area contributed by atoms with Gasteiger partial charge < -0.3 is 0 Å². The topological polar surface area (TPSA) is 46.2 Å². The zero-order chi connectivity index (χ0) is 13.8. The van der Waals surface area contributed by atoms with Gasteiger partial charge in [-0.15, -0.1) is 0 Å². The molecule has 0 aliphatic carbocycles. The van der Waals surface area contributed by atoms with Gasteiger partial charge >= 0.3 is 0 Å². The fraction of sp³-hybridized carbons (Fsp3) is 0.500. The highest BCUT2D eigenvalue weighted by Crippen LogP contribution is 2.25. The van der Waals surface area contributed by atoms with E-state index in [2.05, 4.69) is 20.7 Å². The van der Waals surface area contributed by atoms with E-state index in [4.69, 9.17) is 11.6 Å². The second-order valence-corrected chi connectivity index (χ2v) is 7.10. The van der Waals surface area contributed by atoms with Crippen molar-refractivity contribution >= 4 is 37.6 Å². The van der Waals surface area contributed by atoms with Crippen LogP contribution in [0.15, 0.2) is 27.6 Å². The molecule has 1 atom stereocenters. The molecule has 6 heteroatoms. The van der Waals surface area contributed by atoms with Gasteiger partial charge in [-0.3, -0.25) is 0 Å². The number of rotatable bonds is 6. The molecule has 102 valence electrons. The van der Waals surface area contributed by atoms with Gasteiger partial charge in [0.1, 0.15) is 4.90 Å². The van der Waals surface area contributed by atoms with E-state index in [9.17, 15) is 8.42 Å². The van der Waals surface area contributed by atoms with Gasteiger partial charge in [-0.2, -0.15) is 0 Å². The molecule has 0 heterocycles. The van der Waals surface area contributed by atoms with Crippen LogP contribution in [0.5, 0.6) is 0 Å². The van der Waals surface area contributed by atoms with Crippen molar-refractivity contribution in [2.75, 3.05) is 0 Å². The fourth-order valence-corrected chi connectivity index (χ4v) is 4.06. The number of benzene rings is 1. The first-order valence-electron chi connectivity index (χ1n) is 5.88. The van der Waals surface area contributed by atoms with Gasteiger partial charge in [-0.05, 0) is 31.0 Å². The molecular formula is C12H17BrClNO2S. The third-order valence-electron chi connectivity index (χ3n) is 2.64. The van der Waals surface area contributed by atoms with Gasteiger partial charge in [0, 0.05) is 10.5 Å². The van der Waals surface area contributed by atoms with Gasteiger partial charge in [0.2, 0.25) is 10.0 Å². The molecule has 0 saturated carbocycles. The predicted octanol–water partition coefficient (Wildman–Crippen LogP) is 3.96. The van der Waals surface area contributed by atoms with E-state index in [-0.39, 0.29) is 16.0 Å². The summed E-state index contributed by atoms with van der Waals surface area (Å²) < 4.78 is 27.8. The molecule has 1 aromatic rings. The lowest BCUT2D eigenvalue weighted by Gasteiger charge is -2.16. The molecule has 18 heavy (non-hydrogen) atoms. The first kappa shape index (κ1) is 16.0. The molecule has 1 unspecified atom stereocenters. The molecule has 0 saturated heterocycles. The third kappa shape index (κ3) is 4.23. The number of hydrogen-bond donors (Lipinski definition) is 1. The van der Waals surface area contributed by atoms with Crippen LogP contribution in [0.3, 0.4) is 0 Å². The minimum atomic E-state index is -3.54. The maximum absolute atomic E-state index is 12.2. The average Bonchev–Trinajstić information content (AvgIpc) is 2.27.